The van der Waals surface area contributed by atoms with E-state index in [1.807, 2.05) is 30.1 Å². The minimum Gasteiger partial charge on any atom is -0.354 e. The number of nitrogens with one attached hydrogen (secondary N) is 1. The van der Waals surface area contributed by atoms with Crippen LogP contribution in [0.4, 0.5) is 5.82 Å². The molecule has 1 aromatic heterocycles. The van der Waals surface area contributed by atoms with Crippen molar-refractivity contribution in [2.45, 2.75) is 25.4 Å². The van der Waals surface area contributed by atoms with E-state index in [1.54, 1.807) is 6.20 Å². The fourth-order valence-electron chi connectivity index (χ4n) is 2.06. The van der Waals surface area contributed by atoms with Gasteiger partial charge in [0, 0.05) is 19.6 Å². The Labute approximate surface area is 124 Å². The summed E-state index contributed by atoms with van der Waals surface area (Å²) >= 11 is 0. The number of rotatable bonds is 5. The van der Waals surface area contributed by atoms with Gasteiger partial charge in [-0.3, -0.25) is 4.79 Å². The quantitative estimate of drug-likeness (QED) is 0.911. The van der Waals surface area contributed by atoms with Gasteiger partial charge in [0.05, 0.1) is 12.4 Å². The van der Waals surface area contributed by atoms with Gasteiger partial charge in [0.25, 0.3) is 5.91 Å². The summed E-state index contributed by atoms with van der Waals surface area (Å²) in [6, 6.07) is 10.5. The lowest BCUT2D eigenvalue weighted by Crippen LogP contribution is -2.26. The molecule has 21 heavy (non-hydrogen) atoms. The molecule has 1 aliphatic carbocycles. The molecule has 5 heteroatoms. The summed E-state index contributed by atoms with van der Waals surface area (Å²) in [6.45, 7) is 0.753. The molecular formula is C16H18N4O. The number of amides is 1. The van der Waals surface area contributed by atoms with Crippen molar-refractivity contribution in [1.82, 2.24) is 15.3 Å². The van der Waals surface area contributed by atoms with Crippen molar-refractivity contribution in [3.8, 4) is 0 Å². The van der Waals surface area contributed by atoms with Crippen molar-refractivity contribution in [1.29, 1.82) is 0 Å². The number of carbonyl (C=O) groups excluding carboxylic acids is 1. The summed E-state index contributed by atoms with van der Waals surface area (Å²) < 4.78 is 0. The van der Waals surface area contributed by atoms with E-state index in [1.165, 1.54) is 11.8 Å². The summed E-state index contributed by atoms with van der Waals surface area (Å²) in [4.78, 5) is 22.4. The van der Waals surface area contributed by atoms with E-state index >= 15 is 0 Å². The largest absolute Gasteiger partial charge is 0.354 e. The van der Waals surface area contributed by atoms with E-state index in [2.05, 4.69) is 27.4 Å². The summed E-state index contributed by atoms with van der Waals surface area (Å²) in [5.74, 6) is 0.615. The van der Waals surface area contributed by atoms with Crippen LogP contribution in [-0.2, 0) is 6.54 Å². The standard InChI is InChI=1S/C16H18N4O/c1-20(11-12-5-3-2-4-6-12)15-10-17-14(9-18-15)16(21)19-13-7-8-13/h2-6,9-10,13H,7-8,11H2,1H3,(H,19,21). The molecule has 3 rings (SSSR count). The summed E-state index contributed by atoms with van der Waals surface area (Å²) in [5, 5.41) is 2.90. The summed E-state index contributed by atoms with van der Waals surface area (Å²) in [7, 11) is 1.96. The van der Waals surface area contributed by atoms with E-state index in [4.69, 9.17) is 0 Å². The molecule has 0 aliphatic heterocycles. The maximum absolute atomic E-state index is 11.8. The smallest absolute Gasteiger partial charge is 0.271 e. The van der Waals surface area contributed by atoms with Crippen LogP contribution in [-0.4, -0.2) is 29.0 Å². The second-order valence-electron chi connectivity index (χ2n) is 5.35. The van der Waals surface area contributed by atoms with Gasteiger partial charge in [-0.1, -0.05) is 30.3 Å². The molecule has 1 aromatic carbocycles. The van der Waals surface area contributed by atoms with E-state index in [9.17, 15) is 4.79 Å². The van der Waals surface area contributed by atoms with E-state index in [0.29, 0.717) is 11.7 Å². The Morgan fingerprint density at radius 3 is 2.62 bits per heavy atom. The lowest BCUT2D eigenvalue weighted by molar-refractivity contribution is 0.0945. The molecule has 0 saturated heterocycles. The highest BCUT2D eigenvalue weighted by molar-refractivity contribution is 5.92. The third-order valence-corrected chi connectivity index (χ3v) is 3.44. The molecule has 0 radical (unpaired) electrons. The van der Waals surface area contributed by atoms with Crippen LogP contribution in [0.25, 0.3) is 0 Å². The minimum absolute atomic E-state index is 0.137. The molecule has 1 aliphatic rings. The number of anilines is 1. The Kier molecular flexibility index (Phi) is 3.81. The fraction of sp³-hybridized carbons (Fsp3) is 0.312. The van der Waals surface area contributed by atoms with Crippen molar-refractivity contribution < 1.29 is 4.79 Å². The Morgan fingerprint density at radius 1 is 1.24 bits per heavy atom. The second-order valence-corrected chi connectivity index (χ2v) is 5.35. The van der Waals surface area contributed by atoms with E-state index in [0.717, 1.165) is 25.2 Å². The highest BCUT2D eigenvalue weighted by Gasteiger charge is 2.24. The molecule has 2 aromatic rings. The van der Waals surface area contributed by atoms with Crippen LogP contribution >= 0.6 is 0 Å². The molecule has 1 fully saturated rings. The first-order valence-corrected chi connectivity index (χ1v) is 7.10. The zero-order valence-electron chi connectivity index (χ0n) is 12.0. The van der Waals surface area contributed by atoms with Crippen molar-refractivity contribution >= 4 is 11.7 Å². The van der Waals surface area contributed by atoms with Crippen molar-refractivity contribution in [2.24, 2.45) is 0 Å². The average Bonchev–Trinajstić information content (AvgIpc) is 3.32. The van der Waals surface area contributed by atoms with E-state index < -0.39 is 0 Å². The van der Waals surface area contributed by atoms with Crippen molar-refractivity contribution in [3.63, 3.8) is 0 Å². The van der Waals surface area contributed by atoms with Crippen LogP contribution in [0.2, 0.25) is 0 Å². The molecule has 1 saturated carbocycles. The van der Waals surface area contributed by atoms with Gasteiger partial charge in [-0.05, 0) is 18.4 Å². The van der Waals surface area contributed by atoms with Gasteiger partial charge in [-0.2, -0.15) is 0 Å². The molecule has 5 nitrogen and oxygen atoms in total. The molecule has 0 bridgehead atoms. The highest BCUT2D eigenvalue weighted by Crippen LogP contribution is 2.19. The van der Waals surface area contributed by atoms with Gasteiger partial charge < -0.3 is 10.2 Å². The van der Waals surface area contributed by atoms with Crippen LogP contribution in [0.3, 0.4) is 0 Å². The van der Waals surface area contributed by atoms with Gasteiger partial charge >= 0.3 is 0 Å². The Balaban J connectivity index is 1.64. The molecule has 1 N–H and O–H groups in total. The SMILES string of the molecule is CN(Cc1ccccc1)c1cnc(C(=O)NC2CC2)cn1. The third kappa shape index (κ3) is 3.56. The molecule has 1 amide bonds. The second kappa shape index (κ2) is 5.91. The average molecular weight is 282 g/mol. The van der Waals surface area contributed by atoms with Gasteiger partial charge in [0.15, 0.2) is 0 Å². The van der Waals surface area contributed by atoms with Crippen molar-refractivity contribution in [2.75, 3.05) is 11.9 Å². The Morgan fingerprint density at radius 2 is 2.00 bits per heavy atom. The fourth-order valence-corrected chi connectivity index (χ4v) is 2.06. The number of nitrogens with zero attached hydrogens (tertiary/aromatic N) is 3. The predicted molar refractivity (Wildman–Crippen MR) is 81.1 cm³/mol. The van der Waals surface area contributed by atoms with Crippen LogP contribution < -0.4 is 10.2 Å². The van der Waals surface area contributed by atoms with Gasteiger partial charge in [0.2, 0.25) is 0 Å². The minimum atomic E-state index is -0.137. The zero-order valence-corrected chi connectivity index (χ0v) is 12.0. The van der Waals surface area contributed by atoms with Gasteiger partial charge in [-0.15, -0.1) is 0 Å². The number of carbonyl (C=O) groups is 1. The Bertz CT molecular complexity index is 608. The number of hydrogen-bond donors (Lipinski definition) is 1. The summed E-state index contributed by atoms with van der Waals surface area (Å²) in [5.41, 5.74) is 1.58. The highest BCUT2D eigenvalue weighted by atomic mass is 16.2. The summed E-state index contributed by atoms with van der Waals surface area (Å²) in [6.07, 6.45) is 5.31. The molecule has 0 atom stereocenters. The molecular weight excluding hydrogens is 264 g/mol. The van der Waals surface area contributed by atoms with Crippen LogP contribution in [0.1, 0.15) is 28.9 Å². The van der Waals surface area contributed by atoms with Crippen LogP contribution in [0, 0.1) is 0 Å². The first-order chi connectivity index (χ1) is 10.2. The van der Waals surface area contributed by atoms with Crippen LogP contribution in [0.5, 0.6) is 0 Å². The first-order valence-electron chi connectivity index (χ1n) is 7.10. The maximum Gasteiger partial charge on any atom is 0.271 e. The molecule has 1 heterocycles. The topological polar surface area (TPSA) is 58.1 Å². The molecule has 108 valence electrons. The normalized spacial score (nSPS) is 13.8. The molecule has 0 spiro atoms. The van der Waals surface area contributed by atoms with Gasteiger partial charge in [0.1, 0.15) is 11.5 Å². The van der Waals surface area contributed by atoms with Crippen LogP contribution in [0.15, 0.2) is 42.7 Å². The lowest BCUT2D eigenvalue weighted by atomic mass is 10.2. The molecule has 0 unspecified atom stereocenters. The number of aromatic nitrogens is 2. The lowest BCUT2D eigenvalue weighted by Gasteiger charge is -2.17. The monoisotopic (exact) mass is 282 g/mol. The number of hydrogen-bond acceptors (Lipinski definition) is 4. The van der Waals surface area contributed by atoms with E-state index in [-0.39, 0.29) is 5.91 Å². The Hall–Kier alpha value is -2.43. The predicted octanol–water partition coefficient (Wildman–Crippen LogP) is 2.01. The third-order valence-electron chi connectivity index (χ3n) is 3.44. The number of benzene rings is 1. The first kappa shape index (κ1) is 13.5. The zero-order chi connectivity index (χ0) is 14.7. The van der Waals surface area contributed by atoms with Crippen molar-refractivity contribution in [3.05, 3.63) is 54.0 Å². The van der Waals surface area contributed by atoms with Gasteiger partial charge in [-0.25, -0.2) is 9.97 Å². The maximum atomic E-state index is 11.8.